The first-order chi connectivity index (χ1) is 16.6. The largest absolute Gasteiger partial charge is 0.465 e. The van der Waals surface area contributed by atoms with Gasteiger partial charge in [0.2, 0.25) is 11.8 Å². The molecule has 1 aliphatic carbocycles. The van der Waals surface area contributed by atoms with Crippen LogP contribution in [0.1, 0.15) is 58.9 Å². The molecule has 0 spiro atoms. The standard InChI is InChI=1S/C27H27N3O4/c1-34-27(33)17-12-10-16(11-13-17)25-24-20(19-8-4-5-9-21(19)28-24)14-22-26(32)29(15-23(31)30(22)25)18-6-2-3-7-18/h4-5,8-13,18,22,25,28H,2-3,6-7,14-15H2,1H3/t22-,25?/m1/s1. The van der Waals surface area contributed by atoms with Crippen molar-refractivity contribution in [1.29, 1.82) is 0 Å². The zero-order valence-corrected chi connectivity index (χ0v) is 19.1. The van der Waals surface area contributed by atoms with E-state index in [1.54, 1.807) is 17.0 Å². The molecule has 0 radical (unpaired) electrons. The minimum Gasteiger partial charge on any atom is -0.465 e. The van der Waals surface area contributed by atoms with Crippen molar-refractivity contribution in [2.75, 3.05) is 13.7 Å². The van der Waals surface area contributed by atoms with Crippen molar-refractivity contribution >= 4 is 28.7 Å². The molecule has 1 saturated heterocycles. The van der Waals surface area contributed by atoms with Gasteiger partial charge in [0.1, 0.15) is 12.6 Å². The van der Waals surface area contributed by atoms with Crippen molar-refractivity contribution in [3.05, 3.63) is 70.9 Å². The highest BCUT2D eigenvalue weighted by molar-refractivity contribution is 5.98. The van der Waals surface area contributed by atoms with Gasteiger partial charge >= 0.3 is 5.97 Å². The van der Waals surface area contributed by atoms with Crippen molar-refractivity contribution in [1.82, 2.24) is 14.8 Å². The molecule has 3 aliphatic rings. The molecule has 1 unspecified atom stereocenters. The number of nitrogens with one attached hydrogen (secondary N) is 1. The Hall–Kier alpha value is -3.61. The predicted molar refractivity (Wildman–Crippen MR) is 126 cm³/mol. The van der Waals surface area contributed by atoms with E-state index in [2.05, 4.69) is 11.1 Å². The van der Waals surface area contributed by atoms with Gasteiger partial charge in [-0.2, -0.15) is 0 Å². The van der Waals surface area contributed by atoms with Crippen LogP contribution in [0.4, 0.5) is 0 Å². The Labute approximate surface area is 197 Å². The van der Waals surface area contributed by atoms with Crippen LogP contribution in [-0.2, 0) is 20.7 Å². The van der Waals surface area contributed by atoms with Gasteiger partial charge in [0.15, 0.2) is 0 Å². The molecule has 7 nitrogen and oxygen atoms in total. The number of esters is 1. The maximum Gasteiger partial charge on any atom is 0.337 e. The van der Waals surface area contributed by atoms with Gasteiger partial charge in [-0.3, -0.25) is 9.59 Å². The molecule has 2 atom stereocenters. The van der Waals surface area contributed by atoms with Gasteiger partial charge in [-0.15, -0.1) is 0 Å². The Morgan fingerprint density at radius 2 is 1.76 bits per heavy atom. The van der Waals surface area contributed by atoms with Crippen LogP contribution in [0.3, 0.4) is 0 Å². The second-order valence-corrected chi connectivity index (χ2v) is 9.50. The third-order valence-corrected chi connectivity index (χ3v) is 7.71. The molecule has 1 saturated carbocycles. The van der Waals surface area contributed by atoms with Crippen LogP contribution in [0.25, 0.3) is 10.9 Å². The second kappa shape index (κ2) is 8.01. The molecule has 7 heteroatoms. The number of H-pyrrole nitrogens is 1. The Bertz CT molecular complexity index is 1290. The summed E-state index contributed by atoms with van der Waals surface area (Å²) in [4.78, 5) is 46.5. The first-order valence-electron chi connectivity index (χ1n) is 12.0. The van der Waals surface area contributed by atoms with Crippen LogP contribution < -0.4 is 0 Å². The molecule has 0 bridgehead atoms. The summed E-state index contributed by atoms with van der Waals surface area (Å²) >= 11 is 0. The molecular weight excluding hydrogens is 430 g/mol. The van der Waals surface area contributed by atoms with Crippen molar-refractivity contribution in [2.45, 2.75) is 50.2 Å². The minimum absolute atomic E-state index is 0.0251. The van der Waals surface area contributed by atoms with E-state index in [4.69, 9.17) is 4.74 Å². The molecule has 2 fully saturated rings. The van der Waals surface area contributed by atoms with E-state index in [0.717, 1.165) is 53.4 Å². The first-order valence-corrected chi connectivity index (χ1v) is 12.0. The fraction of sp³-hybridized carbons (Fsp3) is 0.370. The highest BCUT2D eigenvalue weighted by Gasteiger charge is 2.49. The van der Waals surface area contributed by atoms with Crippen molar-refractivity contribution < 1.29 is 19.1 Å². The topological polar surface area (TPSA) is 82.7 Å². The maximum absolute atomic E-state index is 13.8. The average Bonchev–Trinajstić information content (AvgIpc) is 3.53. The summed E-state index contributed by atoms with van der Waals surface area (Å²) in [7, 11) is 1.35. The van der Waals surface area contributed by atoms with Gasteiger partial charge in [-0.1, -0.05) is 43.2 Å². The fourth-order valence-electron chi connectivity index (χ4n) is 6.08. The average molecular weight is 458 g/mol. The van der Waals surface area contributed by atoms with Crippen LogP contribution >= 0.6 is 0 Å². The number of nitrogens with zero attached hydrogens (tertiary/aromatic N) is 2. The number of methoxy groups -OCH3 is 1. The lowest BCUT2D eigenvalue weighted by atomic mass is 9.85. The highest BCUT2D eigenvalue weighted by atomic mass is 16.5. The molecule has 2 aliphatic heterocycles. The number of fused-ring (bicyclic) bond motifs is 4. The van der Waals surface area contributed by atoms with Gasteiger partial charge in [-0.05, 0) is 42.2 Å². The number of rotatable bonds is 3. The summed E-state index contributed by atoms with van der Waals surface area (Å²) in [6, 6.07) is 14.4. The smallest absolute Gasteiger partial charge is 0.337 e. The third kappa shape index (κ3) is 3.14. The number of hydrogen-bond acceptors (Lipinski definition) is 4. The Balaban J connectivity index is 1.47. The lowest BCUT2D eigenvalue weighted by Crippen LogP contribution is -2.64. The van der Waals surface area contributed by atoms with Crippen LogP contribution in [-0.4, -0.2) is 58.3 Å². The number of ether oxygens (including phenoxy) is 1. The van der Waals surface area contributed by atoms with Crippen LogP contribution in [0.15, 0.2) is 48.5 Å². The summed E-state index contributed by atoms with van der Waals surface area (Å²) < 4.78 is 4.84. The normalized spacial score (nSPS) is 22.7. The maximum atomic E-state index is 13.8. The molecule has 3 heterocycles. The van der Waals surface area contributed by atoms with Crippen molar-refractivity contribution in [3.63, 3.8) is 0 Å². The number of carbonyl (C=O) groups excluding carboxylic acids is 3. The van der Waals surface area contributed by atoms with E-state index in [-0.39, 0.29) is 24.4 Å². The number of aromatic nitrogens is 1. The van der Waals surface area contributed by atoms with Gasteiger partial charge in [0, 0.05) is 29.1 Å². The van der Waals surface area contributed by atoms with E-state index in [0.29, 0.717) is 12.0 Å². The number of para-hydroxylation sites is 1. The number of carbonyl (C=O) groups is 3. The van der Waals surface area contributed by atoms with Crippen molar-refractivity contribution in [2.24, 2.45) is 0 Å². The summed E-state index contributed by atoms with van der Waals surface area (Å²) in [5, 5.41) is 1.09. The van der Waals surface area contributed by atoms with E-state index in [9.17, 15) is 14.4 Å². The monoisotopic (exact) mass is 457 g/mol. The lowest BCUT2D eigenvalue weighted by molar-refractivity contribution is -0.160. The number of benzene rings is 2. The van der Waals surface area contributed by atoms with Crippen LogP contribution in [0, 0.1) is 0 Å². The Morgan fingerprint density at radius 3 is 2.50 bits per heavy atom. The second-order valence-electron chi connectivity index (χ2n) is 9.50. The summed E-state index contributed by atoms with van der Waals surface area (Å²) in [6.07, 6.45) is 4.67. The SMILES string of the molecule is COC(=O)c1ccc(C2c3[nH]c4ccccc4c3C[C@@H]3C(=O)N(C4CCCC4)CC(=O)N23)cc1. The number of hydrogen-bond donors (Lipinski definition) is 1. The third-order valence-electron chi connectivity index (χ3n) is 7.71. The van der Waals surface area contributed by atoms with Crippen molar-refractivity contribution in [3.8, 4) is 0 Å². The molecule has 1 N–H and O–H groups in total. The molecule has 6 rings (SSSR count). The lowest BCUT2D eigenvalue weighted by Gasteiger charge is -2.48. The van der Waals surface area contributed by atoms with E-state index < -0.39 is 18.1 Å². The molecular formula is C27H27N3O4. The molecule has 3 aromatic rings. The van der Waals surface area contributed by atoms with E-state index >= 15 is 0 Å². The molecule has 34 heavy (non-hydrogen) atoms. The molecule has 1 aromatic heterocycles. The van der Waals surface area contributed by atoms with E-state index in [1.165, 1.54) is 7.11 Å². The zero-order valence-electron chi connectivity index (χ0n) is 19.1. The number of aromatic amines is 1. The van der Waals surface area contributed by atoms with Gasteiger partial charge in [-0.25, -0.2) is 4.79 Å². The predicted octanol–water partition coefficient (Wildman–Crippen LogP) is 3.58. The quantitative estimate of drug-likeness (QED) is 0.610. The van der Waals surface area contributed by atoms with Crippen LogP contribution in [0.5, 0.6) is 0 Å². The van der Waals surface area contributed by atoms with Gasteiger partial charge in [0.05, 0.1) is 18.7 Å². The minimum atomic E-state index is -0.529. The fourth-order valence-corrected chi connectivity index (χ4v) is 6.08. The van der Waals surface area contributed by atoms with Gasteiger partial charge in [0.25, 0.3) is 0 Å². The van der Waals surface area contributed by atoms with Crippen LogP contribution in [0.2, 0.25) is 0 Å². The molecule has 174 valence electrons. The van der Waals surface area contributed by atoms with Gasteiger partial charge < -0.3 is 19.5 Å². The summed E-state index contributed by atoms with van der Waals surface area (Å²) in [6.45, 7) is 0.131. The first kappa shape index (κ1) is 21.0. The summed E-state index contributed by atoms with van der Waals surface area (Å²) in [5.41, 5.74) is 4.34. The summed E-state index contributed by atoms with van der Waals surface area (Å²) in [5.74, 6) is -0.378. The Morgan fingerprint density at radius 1 is 1.03 bits per heavy atom. The Kier molecular flexibility index (Phi) is 4.94. The highest BCUT2D eigenvalue weighted by Crippen LogP contribution is 2.43. The molecule has 2 amide bonds. The van der Waals surface area contributed by atoms with E-state index in [1.807, 2.05) is 35.2 Å². The number of piperazine rings is 1. The zero-order chi connectivity index (χ0) is 23.4. The number of amides is 2. The molecule has 2 aromatic carbocycles.